The molecule has 3 aliphatic rings. The topological polar surface area (TPSA) is 238 Å². The molecule has 2 saturated heterocycles. The minimum Gasteiger partial charge on any atom is -0.474 e. The van der Waals surface area contributed by atoms with Crippen molar-refractivity contribution in [3.8, 4) is 5.88 Å². The molecule has 18 nitrogen and oxygen atoms in total. The summed E-state index contributed by atoms with van der Waals surface area (Å²) in [7, 11) is 0. The number of ether oxygens (including phenoxy) is 2. The summed E-state index contributed by atoms with van der Waals surface area (Å²) >= 11 is 8.22. The fourth-order valence-corrected chi connectivity index (χ4v) is 7.96. The van der Waals surface area contributed by atoms with Crippen molar-refractivity contribution in [2.75, 3.05) is 18.9 Å². The van der Waals surface area contributed by atoms with Crippen molar-refractivity contribution in [2.45, 2.75) is 49.6 Å². The molecule has 2 bridgehead atoms. The largest absolute Gasteiger partial charge is 0.474 e. The van der Waals surface area contributed by atoms with Crippen LogP contribution < -0.4 is 16.0 Å². The Hall–Kier alpha value is -2.12. The molecule has 3 fully saturated rings. The second-order valence-corrected chi connectivity index (χ2v) is 15.2. The van der Waals surface area contributed by atoms with Crippen molar-refractivity contribution in [3.05, 3.63) is 28.9 Å². The van der Waals surface area contributed by atoms with Crippen LogP contribution in [-0.4, -0.2) is 83.8 Å². The molecule has 3 aromatic rings. The summed E-state index contributed by atoms with van der Waals surface area (Å²) in [6.07, 6.45) is -3.19. The predicted molar refractivity (Wildman–Crippen MR) is 144 cm³/mol. The van der Waals surface area contributed by atoms with Crippen LogP contribution in [0.5, 0.6) is 5.88 Å². The maximum atomic E-state index is 13.4. The number of nitrogens with one attached hydrogen (secondary N) is 1. The first-order valence-corrected chi connectivity index (χ1v) is 17.6. The molecule has 6 rings (SSSR count). The average molecular weight is 651 g/mol. The lowest BCUT2D eigenvalue weighted by Gasteiger charge is -2.26. The fraction of sp³-hybridized carbons (Fsp3) is 0.579. The van der Waals surface area contributed by atoms with E-state index in [1.807, 2.05) is 0 Å². The zero-order valence-corrected chi connectivity index (χ0v) is 24.4. The lowest BCUT2D eigenvalue weighted by molar-refractivity contribution is -0.0548. The van der Waals surface area contributed by atoms with Gasteiger partial charge >= 0.3 is 13.6 Å². The lowest BCUT2D eigenvalue weighted by atomic mass is 10.1. The number of nitrogen functional groups attached to an aromatic ring is 1. The van der Waals surface area contributed by atoms with Crippen molar-refractivity contribution in [1.82, 2.24) is 34.9 Å². The van der Waals surface area contributed by atoms with Crippen LogP contribution in [0.3, 0.4) is 0 Å². The smallest absolute Gasteiger partial charge is 0.386 e. The zero-order valence-electron chi connectivity index (χ0n) is 20.8. The Morgan fingerprint density at radius 1 is 1.15 bits per heavy atom. The van der Waals surface area contributed by atoms with Gasteiger partial charge in [0.1, 0.15) is 30.7 Å². The SMILES string of the molecule is Nc1nc2c(nnn2[C@@H]2O[C@@H]3CO[P@@](=O)(S)O[C@H]4C[C@H](Oc5ccncn5)C[C@@H]4CO[P@@](=O)(S)O[C@@H]2[C@@H]3O)c(=O)[nH]1. The molecule has 2 aliphatic heterocycles. The molecule has 0 aromatic carbocycles. The number of aliphatic hydroxyl groups excluding tert-OH is 1. The Balaban J connectivity index is 1.28. The third-order valence-electron chi connectivity index (χ3n) is 6.71. The highest BCUT2D eigenvalue weighted by atomic mass is 32.7. The molecule has 1 aliphatic carbocycles. The molecule has 222 valence electrons. The second-order valence-electron chi connectivity index (χ2n) is 9.47. The van der Waals surface area contributed by atoms with Crippen LogP contribution >= 0.6 is 38.1 Å². The third-order valence-corrected chi connectivity index (χ3v) is 9.97. The van der Waals surface area contributed by atoms with Gasteiger partial charge in [-0.25, -0.2) is 19.1 Å². The maximum absolute atomic E-state index is 13.4. The average Bonchev–Trinajstić information content (AvgIpc) is 3.57. The first-order valence-electron chi connectivity index (χ1n) is 12.2. The van der Waals surface area contributed by atoms with Crippen LogP contribution in [0.2, 0.25) is 0 Å². The van der Waals surface area contributed by atoms with Gasteiger partial charge in [-0.05, 0) is 6.42 Å². The number of nitrogens with zero attached hydrogens (tertiary/aromatic N) is 6. The van der Waals surface area contributed by atoms with Crippen molar-refractivity contribution in [1.29, 1.82) is 0 Å². The predicted octanol–water partition coefficient (Wildman–Crippen LogP) is 0.896. The Kier molecular flexibility index (Phi) is 7.90. The molecule has 22 heteroatoms. The van der Waals surface area contributed by atoms with E-state index in [4.69, 9.17) is 33.3 Å². The Labute approximate surface area is 241 Å². The number of hydrogen-bond acceptors (Lipinski definition) is 16. The zero-order chi connectivity index (χ0) is 28.9. The van der Waals surface area contributed by atoms with E-state index in [2.05, 4.69) is 54.7 Å². The van der Waals surface area contributed by atoms with Crippen LogP contribution in [0, 0.1) is 5.92 Å². The standard InChI is InChI=1S/C19H24N8O10P2S2/c20-19-23-16-13(17(29)24-19)25-26-27(16)18-15-14(28)11(35-18)6-33-38(30,40)36-10-4-9(34-12-1-2-21-7-22-12)3-8(10)5-32-39(31,41)37-15/h1-2,7-11,14-15,18,28H,3-6H2,(H,30,40)(H,31,41)(H3,20,23,24,29)/t8-,9-,10+,11-,14-,15-,18-,38-,39-/m1/s1. The molecule has 1 saturated carbocycles. The van der Waals surface area contributed by atoms with E-state index in [-0.39, 0.29) is 30.1 Å². The molecule has 0 radical (unpaired) electrons. The molecule has 4 N–H and O–H groups in total. The highest BCUT2D eigenvalue weighted by molar-refractivity contribution is 8.44. The third kappa shape index (κ3) is 6.17. The van der Waals surface area contributed by atoms with Gasteiger partial charge in [0, 0.05) is 24.6 Å². The molecule has 9 atom stereocenters. The molecule has 0 amide bonds. The van der Waals surface area contributed by atoms with E-state index in [1.165, 1.54) is 12.5 Å². The number of anilines is 1. The Morgan fingerprint density at radius 2 is 1.93 bits per heavy atom. The van der Waals surface area contributed by atoms with Crippen molar-refractivity contribution in [2.24, 2.45) is 5.92 Å². The van der Waals surface area contributed by atoms with E-state index in [0.717, 1.165) is 4.68 Å². The number of aliphatic hydroxyl groups is 1. The summed E-state index contributed by atoms with van der Waals surface area (Å²) in [5.41, 5.74) is 4.74. The molecule has 0 spiro atoms. The van der Waals surface area contributed by atoms with E-state index in [9.17, 15) is 19.0 Å². The van der Waals surface area contributed by atoms with Gasteiger partial charge in [-0.2, -0.15) is 9.67 Å². The first-order chi connectivity index (χ1) is 19.5. The van der Waals surface area contributed by atoms with Gasteiger partial charge in [-0.15, -0.1) is 5.10 Å². The monoisotopic (exact) mass is 650 g/mol. The number of H-pyrrole nitrogens is 1. The molecule has 5 heterocycles. The van der Waals surface area contributed by atoms with Gasteiger partial charge in [0.15, 0.2) is 17.4 Å². The van der Waals surface area contributed by atoms with Gasteiger partial charge in [0.25, 0.3) is 5.56 Å². The number of nitrogens with two attached hydrogens (primary N) is 1. The van der Waals surface area contributed by atoms with Crippen molar-refractivity contribution in [3.63, 3.8) is 0 Å². The number of aromatic amines is 1. The van der Waals surface area contributed by atoms with Crippen molar-refractivity contribution >= 4 is 55.2 Å². The van der Waals surface area contributed by atoms with E-state index in [0.29, 0.717) is 12.3 Å². The first kappa shape index (κ1) is 29.0. The summed E-state index contributed by atoms with van der Waals surface area (Å²) in [4.78, 5) is 26.5. The normalized spacial score (nSPS) is 38.1. The number of rotatable bonds is 3. The van der Waals surface area contributed by atoms with Crippen LogP contribution in [0.15, 0.2) is 23.4 Å². The van der Waals surface area contributed by atoms with E-state index < -0.39 is 68.4 Å². The fourth-order valence-electron chi connectivity index (χ4n) is 4.90. The molecule has 0 unspecified atom stereocenters. The van der Waals surface area contributed by atoms with E-state index >= 15 is 0 Å². The second kappa shape index (κ2) is 11.2. The van der Waals surface area contributed by atoms with Crippen LogP contribution in [0.25, 0.3) is 11.2 Å². The summed E-state index contributed by atoms with van der Waals surface area (Å²) in [5, 5.41) is 18.7. The molecular weight excluding hydrogens is 626 g/mol. The number of fused-ring (bicyclic) bond motifs is 4. The van der Waals surface area contributed by atoms with Crippen LogP contribution in [-0.2, 0) is 32.0 Å². The summed E-state index contributed by atoms with van der Waals surface area (Å²) in [6.45, 7) is -8.90. The van der Waals surface area contributed by atoms with Crippen LogP contribution in [0.1, 0.15) is 19.1 Å². The highest BCUT2D eigenvalue weighted by Gasteiger charge is 2.51. The van der Waals surface area contributed by atoms with Gasteiger partial charge in [0.05, 0.1) is 19.3 Å². The summed E-state index contributed by atoms with van der Waals surface area (Å²) in [5.74, 6) is -0.377. The molecular formula is C19H24N8O10P2S2. The number of aromatic nitrogens is 7. The quantitative estimate of drug-likeness (QED) is 0.195. The van der Waals surface area contributed by atoms with Crippen LogP contribution in [0.4, 0.5) is 5.95 Å². The molecule has 3 aromatic heterocycles. The summed E-state index contributed by atoms with van der Waals surface area (Å²) in [6, 6.07) is 1.59. The lowest BCUT2D eigenvalue weighted by Crippen LogP contribution is -2.35. The molecule has 41 heavy (non-hydrogen) atoms. The minimum absolute atomic E-state index is 0.0959. The van der Waals surface area contributed by atoms with Crippen molar-refractivity contribution < 1.29 is 41.8 Å². The van der Waals surface area contributed by atoms with E-state index in [1.54, 1.807) is 6.07 Å². The number of thiol groups is 2. The van der Waals surface area contributed by atoms with Gasteiger partial charge in [-0.3, -0.25) is 23.3 Å². The minimum atomic E-state index is -4.19. The van der Waals surface area contributed by atoms with Gasteiger partial charge in [0.2, 0.25) is 11.8 Å². The van der Waals surface area contributed by atoms with Gasteiger partial charge < -0.3 is 24.8 Å². The van der Waals surface area contributed by atoms with Gasteiger partial charge in [-0.1, -0.05) is 29.7 Å². The Morgan fingerprint density at radius 3 is 2.71 bits per heavy atom. The highest BCUT2D eigenvalue weighted by Crippen LogP contribution is 2.60. The summed E-state index contributed by atoms with van der Waals surface area (Å²) < 4.78 is 61.9. The number of hydrogen-bond donors (Lipinski definition) is 5. The Bertz CT molecular complexity index is 1580. The maximum Gasteiger partial charge on any atom is 0.386 e.